The van der Waals surface area contributed by atoms with Crippen LogP contribution < -0.4 is 9.62 Å². The first-order valence-corrected chi connectivity index (χ1v) is 15.0. The maximum Gasteiger partial charge on any atom is 0.264 e. The first kappa shape index (κ1) is 30.9. The Morgan fingerprint density at radius 2 is 1.45 bits per heavy atom. The Hall–Kier alpha value is -3.65. The number of anilines is 1. The fraction of sp³-hybridized carbons (Fsp3) is 0.375. The molecule has 0 aliphatic carbocycles. The number of carbonyl (C=O) groups is 2. The summed E-state index contributed by atoms with van der Waals surface area (Å²) in [6.45, 7) is 13.0. The van der Waals surface area contributed by atoms with Crippen molar-refractivity contribution in [3.8, 4) is 0 Å². The van der Waals surface area contributed by atoms with Crippen molar-refractivity contribution in [1.82, 2.24) is 10.2 Å². The molecule has 0 heterocycles. The summed E-state index contributed by atoms with van der Waals surface area (Å²) in [6, 6.07) is 20.4. The van der Waals surface area contributed by atoms with Crippen molar-refractivity contribution in [1.29, 1.82) is 0 Å². The van der Waals surface area contributed by atoms with E-state index >= 15 is 0 Å². The van der Waals surface area contributed by atoms with Gasteiger partial charge in [0.15, 0.2) is 0 Å². The van der Waals surface area contributed by atoms with Crippen LogP contribution in [0.3, 0.4) is 0 Å². The Bertz CT molecular complexity index is 1450. The molecule has 0 spiro atoms. The zero-order valence-corrected chi connectivity index (χ0v) is 25.4. The van der Waals surface area contributed by atoms with Gasteiger partial charge in [-0.25, -0.2) is 8.42 Å². The molecule has 3 aromatic rings. The molecule has 40 heavy (non-hydrogen) atoms. The number of aryl methyl sites for hydroxylation is 2. The van der Waals surface area contributed by atoms with Gasteiger partial charge in [-0.2, -0.15) is 0 Å². The number of hydrogen-bond donors (Lipinski definition) is 1. The predicted molar refractivity (Wildman–Crippen MR) is 161 cm³/mol. The second-order valence-corrected chi connectivity index (χ2v) is 13.0. The lowest BCUT2D eigenvalue weighted by molar-refractivity contribution is -0.141. The van der Waals surface area contributed by atoms with Gasteiger partial charge in [-0.3, -0.25) is 13.9 Å². The molecule has 0 aliphatic heterocycles. The summed E-state index contributed by atoms with van der Waals surface area (Å²) in [5, 5.41) is 3.00. The van der Waals surface area contributed by atoms with Crippen LogP contribution in [0.5, 0.6) is 0 Å². The van der Waals surface area contributed by atoms with Gasteiger partial charge in [-0.15, -0.1) is 0 Å². The van der Waals surface area contributed by atoms with Gasteiger partial charge in [-0.1, -0.05) is 61.5 Å². The normalized spacial score (nSPS) is 12.5. The topological polar surface area (TPSA) is 86.8 Å². The predicted octanol–water partition coefficient (Wildman–Crippen LogP) is 5.53. The van der Waals surface area contributed by atoms with Gasteiger partial charge in [0, 0.05) is 12.1 Å². The van der Waals surface area contributed by atoms with Crippen LogP contribution in [0.25, 0.3) is 0 Å². The minimum absolute atomic E-state index is 0.0895. The summed E-state index contributed by atoms with van der Waals surface area (Å²) in [5.74, 6) is -0.735. The van der Waals surface area contributed by atoms with Crippen LogP contribution in [0, 0.1) is 20.8 Å². The molecule has 1 N–H and O–H groups in total. The highest BCUT2D eigenvalue weighted by Gasteiger charge is 2.35. The van der Waals surface area contributed by atoms with Crippen LogP contribution in [0.1, 0.15) is 56.4 Å². The molecule has 0 aliphatic rings. The van der Waals surface area contributed by atoms with Crippen molar-refractivity contribution in [2.45, 2.75) is 77.9 Å². The van der Waals surface area contributed by atoms with Gasteiger partial charge >= 0.3 is 0 Å². The van der Waals surface area contributed by atoms with Crippen LogP contribution in [-0.4, -0.2) is 43.3 Å². The fourth-order valence-corrected chi connectivity index (χ4v) is 6.07. The van der Waals surface area contributed by atoms with Crippen LogP contribution >= 0.6 is 0 Å². The number of hydrogen-bond acceptors (Lipinski definition) is 4. The van der Waals surface area contributed by atoms with Crippen molar-refractivity contribution in [3.63, 3.8) is 0 Å². The summed E-state index contributed by atoms with van der Waals surface area (Å²) in [6.07, 6.45) is 0.369. The van der Waals surface area contributed by atoms with E-state index in [9.17, 15) is 18.0 Å². The molecule has 0 bridgehead atoms. The van der Waals surface area contributed by atoms with Crippen LogP contribution in [0.15, 0.2) is 77.7 Å². The lowest BCUT2D eigenvalue weighted by Crippen LogP contribution is -2.55. The van der Waals surface area contributed by atoms with Crippen molar-refractivity contribution in [2.75, 3.05) is 10.8 Å². The van der Waals surface area contributed by atoms with Gasteiger partial charge < -0.3 is 10.2 Å². The minimum Gasteiger partial charge on any atom is -0.350 e. The smallest absolute Gasteiger partial charge is 0.264 e. The number of amides is 2. The lowest BCUT2D eigenvalue weighted by Gasteiger charge is -2.35. The number of sulfonamides is 1. The Morgan fingerprint density at radius 1 is 0.850 bits per heavy atom. The molecule has 0 aromatic heterocycles. The molecular weight excluding hydrogens is 522 g/mol. The van der Waals surface area contributed by atoms with Crippen molar-refractivity contribution in [2.24, 2.45) is 0 Å². The third-order valence-corrected chi connectivity index (χ3v) is 8.71. The first-order valence-electron chi connectivity index (χ1n) is 13.6. The maximum absolute atomic E-state index is 14.2. The van der Waals surface area contributed by atoms with Crippen molar-refractivity contribution < 1.29 is 18.0 Å². The van der Waals surface area contributed by atoms with Crippen LogP contribution in [0.2, 0.25) is 0 Å². The average Bonchev–Trinajstić information content (AvgIpc) is 2.89. The lowest BCUT2D eigenvalue weighted by atomic mass is 10.0. The van der Waals surface area contributed by atoms with E-state index < -0.39 is 34.1 Å². The highest BCUT2D eigenvalue weighted by atomic mass is 32.2. The molecule has 0 unspecified atom stereocenters. The molecule has 1 atom stereocenters. The number of nitrogens with one attached hydrogen (secondary N) is 1. The zero-order valence-electron chi connectivity index (χ0n) is 24.6. The summed E-state index contributed by atoms with van der Waals surface area (Å²) in [7, 11) is -4.10. The number of benzene rings is 3. The molecule has 0 saturated carbocycles. The first-order chi connectivity index (χ1) is 18.8. The second-order valence-electron chi connectivity index (χ2n) is 11.2. The monoisotopic (exact) mass is 563 g/mol. The molecular formula is C32H41N3O4S. The van der Waals surface area contributed by atoms with E-state index in [-0.39, 0.29) is 17.3 Å². The van der Waals surface area contributed by atoms with Gasteiger partial charge in [-0.05, 0) is 88.4 Å². The van der Waals surface area contributed by atoms with E-state index in [1.54, 1.807) is 30.3 Å². The molecule has 8 heteroatoms. The van der Waals surface area contributed by atoms with Gasteiger partial charge in [0.05, 0.1) is 10.6 Å². The van der Waals surface area contributed by atoms with E-state index in [1.165, 1.54) is 21.3 Å². The minimum atomic E-state index is -4.10. The van der Waals surface area contributed by atoms with E-state index in [4.69, 9.17) is 0 Å². The maximum atomic E-state index is 14.2. The molecule has 2 amide bonds. The fourth-order valence-electron chi connectivity index (χ4n) is 4.58. The number of carbonyl (C=O) groups excluding carboxylic acids is 2. The molecule has 214 valence electrons. The Kier molecular flexibility index (Phi) is 9.79. The second kappa shape index (κ2) is 12.7. The molecule has 3 rings (SSSR count). The Morgan fingerprint density at radius 3 is 2.05 bits per heavy atom. The largest absolute Gasteiger partial charge is 0.350 e. The Balaban J connectivity index is 2.12. The van der Waals surface area contributed by atoms with Crippen LogP contribution in [0.4, 0.5) is 5.69 Å². The van der Waals surface area contributed by atoms with E-state index in [1.807, 2.05) is 78.8 Å². The van der Waals surface area contributed by atoms with Crippen LogP contribution in [-0.2, 0) is 26.2 Å². The molecule has 0 radical (unpaired) electrons. The summed E-state index contributed by atoms with van der Waals surface area (Å²) >= 11 is 0. The van der Waals surface area contributed by atoms with Crippen molar-refractivity contribution in [3.05, 3.63) is 95.1 Å². The summed E-state index contributed by atoms with van der Waals surface area (Å²) in [4.78, 5) is 29.3. The summed E-state index contributed by atoms with van der Waals surface area (Å²) in [5.41, 5.74) is 3.48. The SMILES string of the molecule is CC[C@H](C(=O)NC(C)(C)C)N(Cc1ccccc1C)C(=O)CN(c1cccc(C)c1C)S(=O)(=O)c1ccccc1. The Labute approximate surface area is 239 Å². The number of rotatable bonds is 10. The highest BCUT2D eigenvalue weighted by Crippen LogP contribution is 2.29. The third-order valence-electron chi connectivity index (χ3n) is 6.94. The molecule has 0 fully saturated rings. The van der Waals surface area contributed by atoms with E-state index in [2.05, 4.69) is 5.32 Å². The zero-order chi connectivity index (χ0) is 29.7. The van der Waals surface area contributed by atoms with Gasteiger partial charge in [0.2, 0.25) is 11.8 Å². The third kappa shape index (κ3) is 7.30. The standard InChI is InChI=1S/C32H41N3O4S/c1-8-28(31(37)33-32(5,6)7)34(21-26-17-13-12-15-24(26)3)30(36)22-35(29-20-14-16-23(2)25(29)4)40(38,39)27-18-10-9-11-19-27/h9-20,28H,8,21-22H2,1-7H3,(H,33,37)/t28-/m1/s1. The van der Waals surface area contributed by atoms with Gasteiger partial charge in [0.25, 0.3) is 10.0 Å². The van der Waals surface area contributed by atoms with E-state index in [0.29, 0.717) is 12.1 Å². The summed E-state index contributed by atoms with van der Waals surface area (Å²) < 4.78 is 29.2. The molecule has 7 nitrogen and oxygen atoms in total. The average molecular weight is 564 g/mol. The molecule has 3 aromatic carbocycles. The van der Waals surface area contributed by atoms with Gasteiger partial charge in [0.1, 0.15) is 12.6 Å². The van der Waals surface area contributed by atoms with Crippen molar-refractivity contribution >= 4 is 27.5 Å². The quantitative estimate of drug-likeness (QED) is 0.352. The van der Waals surface area contributed by atoms with E-state index in [0.717, 1.165) is 22.3 Å². The number of nitrogens with zero attached hydrogens (tertiary/aromatic N) is 2. The molecule has 0 saturated heterocycles. The highest BCUT2D eigenvalue weighted by molar-refractivity contribution is 7.92.